The van der Waals surface area contributed by atoms with Gasteiger partial charge in [0.05, 0.1) is 12.7 Å². The van der Waals surface area contributed by atoms with Gasteiger partial charge in [-0.3, -0.25) is 4.79 Å². The summed E-state index contributed by atoms with van der Waals surface area (Å²) in [5, 5.41) is 2.67. The van der Waals surface area contributed by atoms with Crippen LogP contribution in [0.4, 0.5) is 4.39 Å². The Kier molecular flexibility index (Phi) is 6.17. The van der Waals surface area contributed by atoms with E-state index in [1.165, 1.54) is 25.3 Å². The van der Waals surface area contributed by atoms with Gasteiger partial charge in [0, 0.05) is 5.92 Å². The second-order valence-electron chi connectivity index (χ2n) is 6.25. The van der Waals surface area contributed by atoms with Crippen molar-refractivity contribution in [3.8, 4) is 0 Å². The van der Waals surface area contributed by atoms with Crippen LogP contribution in [0.25, 0.3) is 0 Å². The largest absolute Gasteiger partial charge is 0.467 e. The van der Waals surface area contributed by atoms with E-state index < -0.39 is 29.7 Å². The Morgan fingerprint density at radius 2 is 1.32 bits per heavy atom. The number of carbonyl (C=O) groups excluding carboxylic acids is 2. The van der Waals surface area contributed by atoms with E-state index in [0.29, 0.717) is 0 Å². The highest BCUT2D eigenvalue weighted by atomic mass is 19.1. The normalized spacial score (nSPS) is 11.7. The quantitative estimate of drug-likeness (QED) is 0.662. The van der Waals surface area contributed by atoms with E-state index >= 15 is 0 Å². The average molecular weight is 377 g/mol. The van der Waals surface area contributed by atoms with Crippen molar-refractivity contribution in [2.45, 2.75) is 12.0 Å². The molecule has 0 saturated carbocycles. The number of rotatable bonds is 6. The lowest BCUT2D eigenvalue weighted by atomic mass is 9.84. The first-order valence-electron chi connectivity index (χ1n) is 8.85. The lowest BCUT2D eigenvalue weighted by Crippen LogP contribution is -2.46. The van der Waals surface area contributed by atoms with E-state index in [2.05, 4.69) is 5.32 Å². The molecule has 0 aliphatic carbocycles. The van der Waals surface area contributed by atoms with E-state index in [4.69, 9.17) is 4.74 Å². The van der Waals surface area contributed by atoms with E-state index in [9.17, 15) is 14.0 Å². The number of esters is 1. The minimum absolute atomic E-state index is 0.128. The van der Waals surface area contributed by atoms with Crippen molar-refractivity contribution in [3.05, 3.63) is 107 Å². The van der Waals surface area contributed by atoms with Gasteiger partial charge in [-0.25, -0.2) is 9.18 Å². The lowest BCUT2D eigenvalue weighted by molar-refractivity contribution is -0.143. The van der Waals surface area contributed by atoms with Crippen LogP contribution in [0, 0.1) is 5.82 Å². The van der Waals surface area contributed by atoms with Crippen molar-refractivity contribution in [2.24, 2.45) is 0 Å². The van der Waals surface area contributed by atoms with Crippen molar-refractivity contribution >= 4 is 11.9 Å². The lowest BCUT2D eigenvalue weighted by Gasteiger charge is -2.27. The third-order valence-corrected chi connectivity index (χ3v) is 4.51. The fourth-order valence-electron chi connectivity index (χ4n) is 3.17. The van der Waals surface area contributed by atoms with Gasteiger partial charge in [0.2, 0.25) is 0 Å². The van der Waals surface area contributed by atoms with Crippen LogP contribution in [0.2, 0.25) is 0 Å². The number of hydrogen-bond donors (Lipinski definition) is 1. The zero-order chi connectivity index (χ0) is 19.9. The van der Waals surface area contributed by atoms with Crippen molar-refractivity contribution in [2.75, 3.05) is 7.11 Å². The highest BCUT2D eigenvalue weighted by Gasteiger charge is 2.33. The molecular formula is C23H20FNO3. The van der Waals surface area contributed by atoms with Crippen LogP contribution in [0.15, 0.2) is 84.9 Å². The number of benzene rings is 3. The zero-order valence-corrected chi connectivity index (χ0v) is 15.3. The highest BCUT2D eigenvalue weighted by molar-refractivity contribution is 5.97. The molecule has 0 spiro atoms. The maximum Gasteiger partial charge on any atom is 0.329 e. The summed E-state index contributed by atoms with van der Waals surface area (Å²) in [6, 6.07) is 23.3. The molecule has 1 N–H and O–H groups in total. The summed E-state index contributed by atoms with van der Waals surface area (Å²) in [6.45, 7) is 0. The molecule has 0 unspecified atom stereocenters. The van der Waals surface area contributed by atoms with Crippen molar-refractivity contribution < 1.29 is 18.7 Å². The average Bonchev–Trinajstić information content (AvgIpc) is 2.74. The summed E-state index contributed by atoms with van der Waals surface area (Å²) in [4.78, 5) is 25.3. The zero-order valence-electron chi connectivity index (χ0n) is 15.3. The SMILES string of the molecule is COC(=O)[C@H](NC(=O)c1ccccc1F)C(c1ccccc1)c1ccccc1. The molecule has 0 aliphatic heterocycles. The van der Waals surface area contributed by atoms with Crippen LogP contribution < -0.4 is 5.32 Å². The number of nitrogens with one attached hydrogen (secondary N) is 1. The van der Waals surface area contributed by atoms with E-state index in [1.54, 1.807) is 6.07 Å². The van der Waals surface area contributed by atoms with Gasteiger partial charge in [-0.15, -0.1) is 0 Å². The number of ether oxygens (including phenoxy) is 1. The van der Waals surface area contributed by atoms with Gasteiger partial charge < -0.3 is 10.1 Å². The molecule has 3 aromatic carbocycles. The van der Waals surface area contributed by atoms with Crippen molar-refractivity contribution in [3.63, 3.8) is 0 Å². The number of methoxy groups -OCH3 is 1. The van der Waals surface area contributed by atoms with Gasteiger partial charge >= 0.3 is 5.97 Å². The molecule has 1 amide bonds. The maximum atomic E-state index is 14.0. The van der Waals surface area contributed by atoms with Crippen LogP contribution in [0.1, 0.15) is 27.4 Å². The van der Waals surface area contributed by atoms with Gasteiger partial charge in [-0.05, 0) is 23.3 Å². The van der Waals surface area contributed by atoms with Crippen molar-refractivity contribution in [1.29, 1.82) is 0 Å². The van der Waals surface area contributed by atoms with Gasteiger partial charge in [0.15, 0.2) is 0 Å². The summed E-state index contributed by atoms with van der Waals surface area (Å²) in [7, 11) is 1.26. The smallest absolute Gasteiger partial charge is 0.329 e. The first-order valence-corrected chi connectivity index (χ1v) is 8.85. The molecular weight excluding hydrogens is 357 g/mol. The molecule has 0 bridgehead atoms. The minimum atomic E-state index is -1.03. The first kappa shape index (κ1) is 19.3. The molecule has 1 atom stereocenters. The maximum absolute atomic E-state index is 14.0. The first-order chi connectivity index (χ1) is 13.6. The van der Waals surface area contributed by atoms with Crippen LogP contribution in [0.5, 0.6) is 0 Å². The Bertz CT molecular complexity index is 905. The topological polar surface area (TPSA) is 55.4 Å². The third kappa shape index (κ3) is 4.26. The predicted molar refractivity (Wildman–Crippen MR) is 104 cm³/mol. The second-order valence-corrected chi connectivity index (χ2v) is 6.25. The standard InChI is InChI=1S/C23H20FNO3/c1-28-23(27)21(25-22(26)18-14-8-9-15-19(18)24)20(16-10-4-2-5-11-16)17-12-6-3-7-13-17/h2-15,20-21H,1H3,(H,25,26)/t21-/m1/s1. The van der Waals surface area contributed by atoms with Gasteiger partial charge in [0.1, 0.15) is 11.9 Å². The van der Waals surface area contributed by atoms with Gasteiger partial charge in [0.25, 0.3) is 5.91 Å². The van der Waals surface area contributed by atoms with E-state index in [1.807, 2.05) is 60.7 Å². The Balaban J connectivity index is 2.03. The molecule has 3 aromatic rings. The molecule has 0 radical (unpaired) electrons. The van der Waals surface area contributed by atoms with Gasteiger partial charge in [-0.2, -0.15) is 0 Å². The molecule has 5 heteroatoms. The summed E-state index contributed by atoms with van der Waals surface area (Å²) in [5.74, 6) is -2.43. The Labute approximate surface area is 163 Å². The summed E-state index contributed by atoms with van der Waals surface area (Å²) >= 11 is 0. The molecule has 0 aromatic heterocycles. The van der Waals surface area contributed by atoms with E-state index in [-0.39, 0.29) is 5.56 Å². The monoisotopic (exact) mass is 377 g/mol. The Morgan fingerprint density at radius 1 is 0.821 bits per heavy atom. The van der Waals surface area contributed by atoms with Crippen LogP contribution in [-0.2, 0) is 9.53 Å². The number of amides is 1. The molecule has 0 aliphatic rings. The number of hydrogen-bond acceptors (Lipinski definition) is 3. The van der Waals surface area contributed by atoms with Crippen LogP contribution >= 0.6 is 0 Å². The fourth-order valence-corrected chi connectivity index (χ4v) is 3.17. The second kappa shape index (κ2) is 8.95. The number of halogens is 1. The Morgan fingerprint density at radius 3 is 1.82 bits per heavy atom. The third-order valence-electron chi connectivity index (χ3n) is 4.51. The molecule has 0 saturated heterocycles. The fraction of sp³-hybridized carbons (Fsp3) is 0.130. The molecule has 142 valence electrons. The van der Waals surface area contributed by atoms with Crippen LogP contribution in [-0.4, -0.2) is 25.0 Å². The number of carbonyl (C=O) groups is 2. The molecule has 4 nitrogen and oxygen atoms in total. The molecule has 0 heterocycles. The summed E-state index contributed by atoms with van der Waals surface area (Å²) in [6.07, 6.45) is 0. The van der Waals surface area contributed by atoms with E-state index in [0.717, 1.165) is 11.1 Å². The highest BCUT2D eigenvalue weighted by Crippen LogP contribution is 2.29. The summed E-state index contributed by atoms with van der Waals surface area (Å²) in [5.41, 5.74) is 1.53. The summed E-state index contributed by atoms with van der Waals surface area (Å²) < 4.78 is 19.0. The molecule has 28 heavy (non-hydrogen) atoms. The Hall–Kier alpha value is -3.47. The molecule has 0 fully saturated rings. The van der Waals surface area contributed by atoms with Crippen molar-refractivity contribution in [1.82, 2.24) is 5.32 Å². The predicted octanol–water partition coefficient (Wildman–Crippen LogP) is 3.93. The van der Waals surface area contributed by atoms with Gasteiger partial charge in [-0.1, -0.05) is 72.8 Å². The van der Waals surface area contributed by atoms with Crippen LogP contribution in [0.3, 0.4) is 0 Å². The molecule has 3 rings (SSSR count). The minimum Gasteiger partial charge on any atom is -0.467 e.